The van der Waals surface area contributed by atoms with Gasteiger partial charge in [-0.25, -0.2) is 9.64 Å². The zero-order valence-electron chi connectivity index (χ0n) is 15.4. The SMILES string of the molecule is [C-]#[N+]c1cc(Cl)cc(C2(O)CN(c3ccc(Cl)cc3)C(=O)N2c2ccc(Cl)cc2)c1. The molecule has 0 radical (unpaired) electrons. The predicted octanol–water partition coefficient (Wildman–Crippen LogP) is 6.49. The number of urea groups is 1. The number of benzene rings is 3. The van der Waals surface area contributed by atoms with Crippen molar-refractivity contribution < 1.29 is 9.90 Å². The number of carbonyl (C=O) groups excluding carboxylic acids is 1. The van der Waals surface area contributed by atoms with Crippen LogP contribution in [0.3, 0.4) is 0 Å². The highest BCUT2D eigenvalue weighted by atomic mass is 35.5. The zero-order chi connectivity index (χ0) is 21.5. The minimum Gasteiger partial charge on any atom is -0.365 e. The molecule has 0 spiro atoms. The molecule has 1 aliphatic heterocycles. The van der Waals surface area contributed by atoms with Crippen LogP contribution in [0.4, 0.5) is 21.9 Å². The van der Waals surface area contributed by atoms with E-state index in [0.29, 0.717) is 32.0 Å². The van der Waals surface area contributed by atoms with Gasteiger partial charge in [-0.3, -0.25) is 9.80 Å². The molecule has 1 atom stereocenters. The highest BCUT2D eigenvalue weighted by molar-refractivity contribution is 6.31. The molecule has 2 amide bonds. The van der Waals surface area contributed by atoms with Crippen LogP contribution in [-0.4, -0.2) is 17.7 Å². The largest absolute Gasteiger partial charge is 0.365 e. The van der Waals surface area contributed by atoms with Crippen molar-refractivity contribution >= 4 is 57.9 Å². The summed E-state index contributed by atoms with van der Waals surface area (Å²) in [5, 5.41) is 13.1. The second-order valence-corrected chi connectivity index (χ2v) is 8.09. The topological polar surface area (TPSA) is 48.1 Å². The maximum atomic E-state index is 13.4. The van der Waals surface area contributed by atoms with Crippen LogP contribution in [-0.2, 0) is 5.72 Å². The van der Waals surface area contributed by atoms with Gasteiger partial charge in [0, 0.05) is 26.4 Å². The lowest BCUT2D eigenvalue weighted by molar-refractivity contribution is 0.0656. The number of rotatable bonds is 3. The van der Waals surface area contributed by atoms with Crippen LogP contribution in [0.2, 0.25) is 15.1 Å². The normalized spacial score (nSPS) is 18.6. The quantitative estimate of drug-likeness (QED) is 0.456. The van der Waals surface area contributed by atoms with Gasteiger partial charge in [0.1, 0.15) is 0 Å². The molecule has 1 fully saturated rings. The van der Waals surface area contributed by atoms with Gasteiger partial charge in [0.05, 0.1) is 13.1 Å². The highest BCUT2D eigenvalue weighted by Gasteiger charge is 2.51. The molecule has 150 valence electrons. The molecule has 1 saturated heterocycles. The average Bonchev–Trinajstić information content (AvgIpc) is 3.00. The molecule has 4 rings (SSSR count). The Balaban J connectivity index is 1.88. The summed E-state index contributed by atoms with van der Waals surface area (Å²) in [6, 6.07) is 17.5. The van der Waals surface area contributed by atoms with Gasteiger partial charge in [-0.05, 0) is 72.3 Å². The smallest absolute Gasteiger partial charge is 0.331 e. The Bertz CT molecular complexity index is 1160. The van der Waals surface area contributed by atoms with E-state index in [-0.39, 0.29) is 12.2 Å². The van der Waals surface area contributed by atoms with Crippen molar-refractivity contribution in [2.75, 3.05) is 16.3 Å². The standard InChI is InChI=1S/C22H14Cl3N3O2/c1-26-18-11-14(10-17(25)12-18)22(30)13-27(19-6-2-15(23)3-7-19)21(29)28(22)20-8-4-16(24)5-9-20/h2-12,30H,13H2. The fourth-order valence-corrected chi connectivity index (χ4v) is 3.95. The number of β-amino-alcohol motifs (C(OH)–C–C–N with tert-alkyl or cyclic N) is 1. The minimum absolute atomic E-state index is 0.0755. The van der Waals surface area contributed by atoms with Gasteiger partial charge in [-0.2, -0.15) is 0 Å². The van der Waals surface area contributed by atoms with Gasteiger partial charge in [0.25, 0.3) is 0 Å². The number of hydrogen-bond donors (Lipinski definition) is 1. The molecule has 5 nitrogen and oxygen atoms in total. The van der Waals surface area contributed by atoms with Crippen LogP contribution in [0.25, 0.3) is 4.85 Å². The molecule has 3 aromatic carbocycles. The van der Waals surface area contributed by atoms with Crippen molar-refractivity contribution in [1.82, 2.24) is 0 Å². The van der Waals surface area contributed by atoms with E-state index in [1.807, 2.05) is 0 Å². The number of hydrogen-bond acceptors (Lipinski definition) is 2. The zero-order valence-corrected chi connectivity index (χ0v) is 17.7. The second kappa shape index (κ2) is 7.82. The lowest BCUT2D eigenvalue weighted by Crippen LogP contribution is -2.44. The van der Waals surface area contributed by atoms with E-state index in [9.17, 15) is 9.90 Å². The van der Waals surface area contributed by atoms with Gasteiger partial charge < -0.3 is 5.11 Å². The predicted molar refractivity (Wildman–Crippen MR) is 120 cm³/mol. The van der Waals surface area contributed by atoms with Crippen LogP contribution in [0.5, 0.6) is 0 Å². The van der Waals surface area contributed by atoms with Crippen molar-refractivity contribution in [2.24, 2.45) is 0 Å². The molecule has 3 aromatic rings. The maximum Gasteiger partial charge on any atom is 0.331 e. The van der Waals surface area contributed by atoms with Gasteiger partial charge in [-0.1, -0.05) is 34.8 Å². The Labute approximate surface area is 188 Å². The number of nitrogens with zero attached hydrogens (tertiary/aromatic N) is 3. The monoisotopic (exact) mass is 457 g/mol. The molecule has 1 aliphatic rings. The van der Waals surface area contributed by atoms with Gasteiger partial charge >= 0.3 is 6.03 Å². The number of amides is 2. The maximum absolute atomic E-state index is 13.4. The first-order valence-electron chi connectivity index (χ1n) is 8.85. The molecule has 0 aromatic heterocycles. The van der Waals surface area contributed by atoms with E-state index >= 15 is 0 Å². The Kier molecular flexibility index (Phi) is 5.35. The lowest BCUT2D eigenvalue weighted by atomic mass is 10.0. The van der Waals surface area contributed by atoms with Crippen LogP contribution >= 0.6 is 34.8 Å². The van der Waals surface area contributed by atoms with E-state index < -0.39 is 11.8 Å². The molecule has 30 heavy (non-hydrogen) atoms. The summed E-state index contributed by atoms with van der Waals surface area (Å²) in [6.07, 6.45) is 0. The third-order valence-corrected chi connectivity index (χ3v) is 5.59. The lowest BCUT2D eigenvalue weighted by Gasteiger charge is -2.32. The van der Waals surface area contributed by atoms with Crippen LogP contribution in [0.1, 0.15) is 5.56 Å². The number of aliphatic hydroxyl groups is 1. The first-order chi connectivity index (χ1) is 14.3. The first-order valence-corrected chi connectivity index (χ1v) is 9.99. The second-order valence-electron chi connectivity index (χ2n) is 6.78. The van der Waals surface area contributed by atoms with Crippen LogP contribution in [0, 0.1) is 6.57 Å². The highest BCUT2D eigenvalue weighted by Crippen LogP contribution is 2.42. The summed E-state index contributed by atoms with van der Waals surface area (Å²) in [7, 11) is 0. The average molecular weight is 459 g/mol. The summed E-state index contributed by atoms with van der Waals surface area (Å²) in [5.74, 6) is 0. The number of carbonyl (C=O) groups is 1. The third kappa shape index (κ3) is 3.60. The van der Waals surface area contributed by atoms with E-state index in [4.69, 9.17) is 41.4 Å². The third-order valence-electron chi connectivity index (χ3n) is 4.87. The molecule has 1 heterocycles. The summed E-state index contributed by atoms with van der Waals surface area (Å²) < 4.78 is 0. The van der Waals surface area contributed by atoms with E-state index in [0.717, 1.165) is 0 Å². The van der Waals surface area contributed by atoms with E-state index in [1.165, 1.54) is 21.9 Å². The summed E-state index contributed by atoms with van der Waals surface area (Å²) in [4.78, 5) is 19.6. The first kappa shape index (κ1) is 20.5. The summed E-state index contributed by atoms with van der Waals surface area (Å²) in [6.45, 7) is 7.23. The van der Waals surface area contributed by atoms with Gasteiger partial charge in [-0.15, -0.1) is 0 Å². The molecule has 0 bridgehead atoms. The molecular weight excluding hydrogens is 445 g/mol. The van der Waals surface area contributed by atoms with Crippen molar-refractivity contribution in [3.63, 3.8) is 0 Å². The summed E-state index contributed by atoms with van der Waals surface area (Å²) in [5.41, 5.74) is -0.144. The van der Waals surface area contributed by atoms with Gasteiger partial charge in [0.2, 0.25) is 0 Å². The number of halogens is 3. The molecule has 1 N–H and O–H groups in total. The molecule has 8 heteroatoms. The van der Waals surface area contributed by atoms with Crippen LogP contribution in [0.15, 0.2) is 66.7 Å². The van der Waals surface area contributed by atoms with Crippen molar-refractivity contribution in [2.45, 2.75) is 5.72 Å². The fourth-order valence-electron chi connectivity index (χ4n) is 3.46. The molecule has 1 unspecified atom stereocenters. The van der Waals surface area contributed by atoms with Crippen molar-refractivity contribution in [3.05, 3.63) is 98.8 Å². The Morgan fingerprint density at radius 1 is 0.867 bits per heavy atom. The molecular formula is C22H14Cl3N3O2. The van der Waals surface area contributed by atoms with Crippen LogP contribution < -0.4 is 9.80 Å². The fraction of sp³-hybridized carbons (Fsp3) is 0.0909. The number of anilines is 2. The van der Waals surface area contributed by atoms with Crippen molar-refractivity contribution in [1.29, 1.82) is 0 Å². The van der Waals surface area contributed by atoms with E-state index in [2.05, 4.69) is 4.85 Å². The Morgan fingerprint density at radius 2 is 1.43 bits per heavy atom. The minimum atomic E-state index is -1.77. The summed E-state index contributed by atoms with van der Waals surface area (Å²) >= 11 is 18.2. The van der Waals surface area contributed by atoms with Crippen molar-refractivity contribution in [3.8, 4) is 0 Å². The molecule has 0 aliphatic carbocycles. The Morgan fingerprint density at radius 3 is 2.00 bits per heavy atom. The van der Waals surface area contributed by atoms with Gasteiger partial charge in [0.15, 0.2) is 11.4 Å². The Hall–Kier alpha value is -2.75. The van der Waals surface area contributed by atoms with E-state index in [1.54, 1.807) is 54.6 Å². The molecule has 0 saturated carbocycles.